The normalized spacial score (nSPS) is 20.1. The third-order valence-corrected chi connectivity index (χ3v) is 4.59. The number of nitrogens with zero attached hydrogens (tertiary/aromatic N) is 1. The van der Waals surface area contributed by atoms with Gasteiger partial charge in [-0.1, -0.05) is 48.5 Å². The second kappa shape index (κ2) is 5.60. The Kier molecular flexibility index (Phi) is 3.41. The van der Waals surface area contributed by atoms with Crippen LogP contribution in [0.25, 0.3) is 11.1 Å². The molecule has 0 saturated carbocycles. The van der Waals surface area contributed by atoms with E-state index in [1.165, 1.54) is 4.90 Å². The maximum Gasteiger partial charge on any atom is 0.256 e. The summed E-state index contributed by atoms with van der Waals surface area (Å²) in [6, 6.07) is 14.3. The fourth-order valence-corrected chi connectivity index (χ4v) is 3.45. The van der Waals surface area contributed by atoms with Crippen LogP contribution in [0.2, 0.25) is 0 Å². The number of ketones is 1. The molecule has 0 aliphatic carbocycles. The third kappa shape index (κ3) is 2.21. The van der Waals surface area contributed by atoms with Crippen LogP contribution in [0, 0.1) is 0 Å². The van der Waals surface area contributed by atoms with Gasteiger partial charge in [-0.05, 0) is 16.7 Å². The van der Waals surface area contributed by atoms with Gasteiger partial charge in [-0.25, -0.2) is 0 Å². The predicted octanol–water partition coefficient (Wildman–Crippen LogP) is 1.77. The van der Waals surface area contributed by atoms with Crippen molar-refractivity contribution in [1.29, 1.82) is 0 Å². The highest BCUT2D eigenvalue weighted by Gasteiger charge is 2.42. The quantitative estimate of drug-likeness (QED) is 0.858. The molecule has 120 valence electrons. The zero-order chi connectivity index (χ0) is 16.7. The van der Waals surface area contributed by atoms with Crippen molar-refractivity contribution in [3.05, 3.63) is 59.7 Å². The Hall–Kier alpha value is -2.95. The lowest BCUT2D eigenvalue weighted by molar-refractivity contribution is -0.137. The first-order valence-electron chi connectivity index (χ1n) is 7.95. The highest BCUT2D eigenvalue weighted by atomic mass is 16.2. The Labute approximate surface area is 139 Å². The Balaban J connectivity index is 1.76. The van der Waals surface area contributed by atoms with Crippen molar-refractivity contribution in [2.75, 3.05) is 6.54 Å². The number of hydrogen-bond donors (Lipinski definition) is 1. The molecule has 0 aromatic heterocycles. The highest BCUT2D eigenvalue weighted by Crippen LogP contribution is 2.34. The summed E-state index contributed by atoms with van der Waals surface area (Å²) in [5.74, 6) is -0.824. The lowest BCUT2D eigenvalue weighted by atomic mass is 9.97. The predicted molar refractivity (Wildman–Crippen MR) is 88.2 cm³/mol. The van der Waals surface area contributed by atoms with E-state index in [9.17, 15) is 14.4 Å². The van der Waals surface area contributed by atoms with E-state index in [0.717, 1.165) is 16.7 Å². The molecule has 1 saturated heterocycles. The van der Waals surface area contributed by atoms with Gasteiger partial charge in [0, 0.05) is 19.5 Å². The SMILES string of the molecule is O=C1CCNC(=O)C1N1Cc2cccc(-c3ccccc3)c2C1=O. The first kappa shape index (κ1) is 14.6. The van der Waals surface area contributed by atoms with Crippen LogP contribution >= 0.6 is 0 Å². The van der Waals surface area contributed by atoms with Crippen LogP contribution in [0.15, 0.2) is 48.5 Å². The number of amides is 2. The molecule has 5 heteroatoms. The maximum absolute atomic E-state index is 13.0. The zero-order valence-corrected chi connectivity index (χ0v) is 13.0. The summed E-state index contributed by atoms with van der Waals surface area (Å²) in [4.78, 5) is 38.7. The van der Waals surface area contributed by atoms with E-state index >= 15 is 0 Å². The molecule has 2 amide bonds. The number of carbonyl (C=O) groups excluding carboxylic acids is 3. The van der Waals surface area contributed by atoms with E-state index in [1.54, 1.807) is 0 Å². The summed E-state index contributed by atoms with van der Waals surface area (Å²) in [6.45, 7) is 0.636. The molecule has 2 aliphatic heterocycles. The summed E-state index contributed by atoms with van der Waals surface area (Å²) in [5.41, 5.74) is 3.23. The minimum Gasteiger partial charge on any atom is -0.353 e. The monoisotopic (exact) mass is 320 g/mol. The fourth-order valence-electron chi connectivity index (χ4n) is 3.45. The van der Waals surface area contributed by atoms with Crippen molar-refractivity contribution in [2.24, 2.45) is 0 Å². The van der Waals surface area contributed by atoms with Crippen molar-refractivity contribution in [2.45, 2.75) is 19.0 Å². The minimum absolute atomic E-state index is 0.193. The molecule has 1 N–H and O–H groups in total. The largest absolute Gasteiger partial charge is 0.353 e. The Morgan fingerprint density at radius 2 is 1.75 bits per heavy atom. The number of fused-ring (bicyclic) bond motifs is 1. The van der Waals surface area contributed by atoms with Crippen molar-refractivity contribution in [3.8, 4) is 11.1 Å². The number of hydrogen-bond acceptors (Lipinski definition) is 3. The second-order valence-electron chi connectivity index (χ2n) is 6.05. The van der Waals surface area contributed by atoms with Crippen LogP contribution in [0.1, 0.15) is 22.3 Å². The lowest BCUT2D eigenvalue weighted by Gasteiger charge is -2.28. The van der Waals surface area contributed by atoms with E-state index in [1.807, 2.05) is 48.5 Å². The van der Waals surface area contributed by atoms with Gasteiger partial charge < -0.3 is 10.2 Å². The molecular formula is C19H16N2O3. The van der Waals surface area contributed by atoms with Crippen LogP contribution in [0.3, 0.4) is 0 Å². The number of rotatable bonds is 2. The Morgan fingerprint density at radius 1 is 0.958 bits per heavy atom. The van der Waals surface area contributed by atoms with E-state index in [0.29, 0.717) is 18.7 Å². The van der Waals surface area contributed by atoms with Gasteiger partial charge in [-0.15, -0.1) is 0 Å². The van der Waals surface area contributed by atoms with Crippen molar-refractivity contribution < 1.29 is 14.4 Å². The fraction of sp³-hybridized carbons (Fsp3) is 0.211. The number of carbonyl (C=O) groups is 3. The summed E-state index contributed by atoms with van der Waals surface area (Å²) in [6.07, 6.45) is 0.266. The van der Waals surface area contributed by atoms with Crippen LogP contribution in [0.5, 0.6) is 0 Å². The second-order valence-corrected chi connectivity index (χ2v) is 6.05. The average molecular weight is 320 g/mol. The van der Waals surface area contributed by atoms with Gasteiger partial charge in [0.05, 0.1) is 5.56 Å². The smallest absolute Gasteiger partial charge is 0.256 e. The molecule has 2 aromatic rings. The van der Waals surface area contributed by atoms with E-state index in [2.05, 4.69) is 5.32 Å². The molecular weight excluding hydrogens is 304 g/mol. The van der Waals surface area contributed by atoms with E-state index < -0.39 is 6.04 Å². The molecule has 1 fully saturated rings. The van der Waals surface area contributed by atoms with Crippen LogP contribution in [-0.2, 0) is 16.1 Å². The molecule has 2 aromatic carbocycles. The molecule has 2 aliphatic rings. The van der Waals surface area contributed by atoms with Crippen molar-refractivity contribution in [3.63, 3.8) is 0 Å². The molecule has 5 nitrogen and oxygen atoms in total. The minimum atomic E-state index is -1.01. The molecule has 1 unspecified atom stereocenters. The lowest BCUT2D eigenvalue weighted by Crippen LogP contribution is -2.55. The molecule has 0 radical (unpaired) electrons. The first-order valence-corrected chi connectivity index (χ1v) is 7.95. The number of nitrogens with one attached hydrogen (secondary N) is 1. The third-order valence-electron chi connectivity index (χ3n) is 4.59. The number of Topliss-reactive ketones (excluding diaryl/α,β-unsaturated/α-hetero) is 1. The van der Waals surface area contributed by atoms with E-state index in [-0.39, 0.29) is 24.0 Å². The van der Waals surface area contributed by atoms with Crippen molar-refractivity contribution in [1.82, 2.24) is 10.2 Å². The standard InChI is InChI=1S/C19H16N2O3/c22-15-9-10-20-18(23)17(15)21-11-13-7-4-8-14(16(13)19(21)24)12-5-2-1-3-6-12/h1-8,17H,9-11H2,(H,20,23). The van der Waals surface area contributed by atoms with Crippen LogP contribution in [0.4, 0.5) is 0 Å². The van der Waals surface area contributed by atoms with Gasteiger partial charge in [0.15, 0.2) is 11.8 Å². The van der Waals surface area contributed by atoms with Crippen molar-refractivity contribution >= 4 is 17.6 Å². The number of piperidine rings is 1. The Morgan fingerprint density at radius 3 is 2.50 bits per heavy atom. The average Bonchev–Trinajstić information content (AvgIpc) is 2.92. The molecule has 0 spiro atoms. The Bertz CT molecular complexity index is 829. The molecule has 2 heterocycles. The summed E-state index contributed by atoms with van der Waals surface area (Å²) < 4.78 is 0. The molecule has 0 bridgehead atoms. The van der Waals surface area contributed by atoms with Crippen LogP contribution < -0.4 is 5.32 Å². The van der Waals surface area contributed by atoms with Gasteiger partial charge in [0.2, 0.25) is 0 Å². The van der Waals surface area contributed by atoms with Gasteiger partial charge in [-0.3, -0.25) is 14.4 Å². The molecule has 1 atom stereocenters. The highest BCUT2D eigenvalue weighted by molar-refractivity contribution is 6.13. The van der Waals surface area contributed by atoms with E-state index in [4.69, 9.17) is 0 Å². The first-order chi connectivity index (χ1) is 11.7. The number of benzene rings is 2. The molecule has 24 heavy (non-hydrogen) atoms. The van der Waals surface area contributed by atoms with Gasteiger partial charge in [0.1, 0.15) is 0 Å². The maximum atomic E-state index is 13.0. The zero-order valence-electron chi connectivity index (χ0n) is 13.0. The van der Waals surface area contributed by atoms with Gasteiger partial charge in [0.25, 0.3) is 11.8 Å². The molecule has 4 rings (SSSR count). The summed E-state index contributed by atoms with van der Waals surface area (Å²) in [5, 5.41) is 2.68. The van der Waals surface area contributed by atoms with Gasteiger partial charge >= 0.3 is 0 Å². The summed E-state index contributed by atoms with van der Waals surface area (Å²) in [7, 11) is 0. The van der Waals surface area contributed by atoms with Crippen LogP contribution in [-0.4, -0.2) is 35.1 Å². The van der Waals surface area contributed by atoms with Gasteiger partial charge in [-0.2, -0.15) is 0 Å². The topological polar surface area (TPSA) is 66.5 Å². The summed E-state index contributed by atoms with van der Waals surface area (Å²) >= 11 is 0.